The summed E-state index contributed by atoms with van der Waals surface area (Å²) in [5.41, 5.74) is 0.973. The molecule has 0 aromatic heterocycles. The molecule has 2 atom stereocenters. The van der Waals surface area contributed by atoms with Crippen molar-refractivity contribution in [3.63, 3.8) is 0 Å². The van der Waals surface area contributed by atoms with E-state index in [1.165, 1.54) is 20.3 Å². The summed E-state index contributed by atoms with van der Waals surface area (Å²) in [4.78, 5) is 13.2. The first-order valence-electron chi connectivity index (χ1n) is 9.92. The number of hydrogen-bond acceptors (Lipinski definition) is 6. The number of nitrogens with zero attached hydrogens (tertiary/aromatic N) is 1. The number of carbonyl (C=O) groups excluding carboxylic acids is 1. The third-order valence-corrected chi connectivity index (χ3v) is 6.46. The highest BCUT2D eigenvalue weighted by Crippen LogP contribution is 2.33. The quantitative estimate of drug-likeness (QED) is 0.551. The molecule has 2 rings (SSSR count). The van der Waals surface area contributed by atoms with Crippen molar-refractivity contribution in [2.75, 3.05) is 31.9 Å². The Morgan fingerprint density at radius 2 is 1.69 bits per heavy atom. The van der Waals surface area contributed by atoms with E-state index in [1.807, 2.05) is 0 Å². The molecule has 0 aliphatic rings. The molecule has 0 radical (unpaired) electrons. The Hall–Kier alpha value is -2.65. The van der Waals surface area contributed by atoms with Crippen molar-refractivity contribution < 1.29 is 27.4 Å². The maximum Gasteiger partial charge on any atom is 0.244 e. The van der Waals surface area contributed by atoms with Gasteiger partial charge in [-0.2, -0.15) is 0 Å². The van der Waals surface area contributed by atoms with Gasteiger partial charge in [0.15, 0.2) is 0 Å². The largest absolute Gasteiger partial charge is 0.497 e. The Labute approximate surface area is 194 Å². The summed E-state index contributed by atoms with van der Waals surface area (Å²) in [5.74, 6) is 1.13. The van der Waals surface area contributed by atoms with Crippen LogP contribution in [0.3, 0.4) is 0 Å². The van der Waals surface area contributed by atoms with E-state index in [2.05, 4.69) is 5.32 Å². The zero-order chi connectivity index (χ0) is 24.1. The van der Waals surface area contributed by atoms with Crippen molar-refractivity contribution in [3.8, 4) is 17.2 Å². The molecule has 1 N–H and O–H groups in total. The van der Waals surface area contributed by atoms with Crippen LogP contribution >= 0.6 is 11.6 Å². The van der Waals surface area contributed by atoms with E-state index in [9.17, 15) is 13.2 Å². The summed E-state index contributed by atoms with van der Waals surface area (Å²) in [6.07, 6.45) is 1.29. The number of methoxy groups -OCH3 is 3. The Bertz CT molecular complexity index is 1060. The molecule has 0 heterocycles. The van der Waals surface area contributed by atoms with Crippen LogP contribution in [0.15, 0.2) is 36.4 Å². The first-order chi connectivity index (χ1) is 15.1. The maximum atomic E-state index is 13.2. The Morgan fingerprint density at radius 3 is 2.19 bits per heavy atom. The molecule has 0 spiro atoms. The predicted molar refractivity (Wildman–Crippen MR) is 126 cm³/mol. The van der Waals surface area contributed by atoms with Crippen molar-refractivity contribution >= 4 is 33.2 Å². The van der Waals surface area contributed by atoms with Crippen LogP contribution in [0.1, 0.15) is 31.9 Å². The van der Waals surface area contributed by atoms with Gasteiger partial charge in [-0.25, -0.2) is 8.42 Å². The highest BCUT2D eigenvalue weighted by Gasteiger charge is 2.33. The third kappa shape index (κ3) is 5.77. The van der Waals surface area contributed by atoms with E-state index >= 15 is 0 Å². The van der Waals surface area contributed by atoms with Crippen LogP contribution in [0, 0.1) is 0 Å². The zero-order valence-electron chi connectivity index (χ0n) is 19.0. The molecule has 8 nitrogen and oxygen atoms in total. The summed E-state index contributed by atoms with van der Waals surface area (Å²) in [6.45, 7) is 3.53. The molecule has 0 unspecified atom stereocenters. The molecule has 10 heteroatoms. The van der Waals surface area contributed by atoms with E-state index < -0.39 is 28.0 Å². The fraction of sp³-hybridized carbons (Fsp3) is 0.409. The standard InChI is InChI=1S/C22H29ClN2O6S/c1-7-19(25(32(6,27)28)15-8-10-21(31-5)18(23)12-15)22(26)24-14(2)17-13-16(29-3)9-11-20(17)30-4/h8-14,19H,7H2,1-6H3,(H,24,26)/t14-,19-/m0/s1. The van der Waals surface area contributed by atoms with Crippen LogP contribution in [-0.2, 0) is 14.8 Å². The number of rotatable bonds is 10. The van der Waals surface area contributed by atoms with Crippen LogP contribution < -0.4 is 23.8 Å². The Morgan fingerprint density at radius 1 is 1.06 bits per heavy atom. The number of anilines is 1. The van der Waals surface area contributed by atoms with E-state index in [1.54, 1.807) is 51.3 Å². The molecule has 0 fully saturated rings. The maximum absolute atomic E-state index is 13.2. The van der Waals surface area contributed by atoms with Crippen molar-refractivity contribution in [3.05, 3.63) is 47.0 Å². The van der Waals surface area contributed by atoms with Crippen LogP contribution in [0.4, 0.5) is 5.69 Å². The van der Waals surface area contributed by atoms with Gasteiger partial charge in [-0.05, 0) is 49.7 Å². The Kier molecular flexibility index (Phi) is 8.63. The first kappa shape index (κ1) is 25.6. The second-order valence-corrected chi connectivity index (χ2v) is 9.41. The van der Waals surface area contributed by atoms with Gasteiger partial charge in [-0.15, -0.1) is 0 Å². The smallest absolute Gasteiger partial charge is 0.244 e. The number of carbonyl (C=O) groups is 1. The molecule has 0 aliphatic heterocycles. The molecular weight excluding hydrogens is 456 g/mol. The van der Waals surface area contributed by atoms with E-state index in [4.69, 9.17) is 25.8 Å². The number of benzene rings is 2. The van der Waals surface area contributed by atoms with Gasteiger partial charge in [0.1, 0.15) is 23.3 Å². The summed E-state index contributed by atoms with van der Waals surface area (Å²) in [7, 11) is 0.741. The molecule has 32 heavy (non-hydrogen) atoms. The van der Waals surface area contributed by atoms with Gasteiger partial charge in [-0.1, -0.05) is 18.5 Å². The minimum Gasteiger partial charge on any atom is -0.497 e. The topological polar surface area (TPSA) is 94.2 Å². The lowest BCUT2D eigenvalue weighted by molar-refractivity contribution is -0.122. The van der Waals surface area contributed by atoms with E-state index in [0.29, 0.717) is 22.8 Å². The van der Waals surface area contributed by atoms with Gasteiger partial charge < -0.3 is 19.5 Å². The number of ether oxygens (including phenoxy) is 3. The normalized spacial score (nSPS) is 13.1. The summed E-state index contributed by atoms with van der Waals surface area (Å²) in [6, 6.07) is 8.38. The van der Waals surface area contributed by atoms with Crippen molar-refractivity contribution in [2.45, 2.75) is 32.4 Å². The third-order valence-electron chi connectivity index (χ3n) is 4.98. The van der Waals surface area contributed by atoms with Gasteiger partial charge in [0.05, 0.1) is 44.3 Å². The van der Waals surface area contributed by atoms with Crippen LogP contribution in [0.25, 0.3) is 0 Å². The van der Waals surface area contributed by atoms with E-state index in [0.717, 1.165) is 10.6 Å². The lowest BCUT2D eigenvalue weighted by atomic mass is 10.1. The minimum atomic E-state index is -3.81. The Balaban J connectivity index is 2.40. The molecule has 1 amide bonds. The lowest BCUT2D eigenvalue weighted by Crippen LogP contribution is -2.49. The predicted octanol–water partition coefficient (Wildman–Crippen LogP) is 3.79. The van der Waals surface area contributed by atoms with Crippen LogP contribution in [0.2, 0.25) is 5.02 Å². The lowest BCUT2D eigenvalue weighted by Gasteiger charge is -2.31. The molecule has 2 aromatic rings. The molecule has 2 aromatic carbocycles. The van der Waals surface area contributed by atoms with Crippen molar-refractivity contribution in [2.24, 2.45) is 0 Å². The highest BCUT2D eigenvalue weighted by atomic mass is 35.5. The molecular formula is C22H29ClN2O6S. The molecule has 0 saturated heterocycles. The highest BCUT2D eigenvalue weighted by molar-refractivity contribution is 7.92. The van der Waals surface area contributed by atoms with E-state index in [-0.39, 0.29) is 17.1 Å². The monoisotopic (exact) mass is 484 g/mol. The van der Waals surface area contributed by atoms with Crippen LogP contribution in [0.5, 0.6) is 17.2 Å². The van der Waals surface area contributed by atoms with Gasteiger partial charge in [0.2, 0.25) is 15.9 Å². The minimum absolute atomic E-state index is 0.239. The molecule has 0 saturated carbocycles. The summed E-state index contributed by atoms with van der Waals surface area (Å²) in [5, 5.41) is 3.13. The fourth-order valence-corrected chi connectivity index (χ4v) is 4.87. The molecule has 176 valence electrons. The SMILES string of the molecule is CC[C@@H](C(=O)N[C@@H](C)c1cc(OC)ccc1OC)N(c1ccc(OC)c(Cl)c1)S(C)(=O)=O. The second kappa shape index (κ2) is 10.8. The van der Waals surface area contributed by atoms with Gasteiger partial charge in [0.25, 0.3) is 0 Å². The number of hydrogen-bond donors (Lipinski definition) is 1. The summed E-state index contributed by atoms with van der Waals surface area (Å²) >= 11 is 6.20. The van der Waals surface area contributed by atoms with Gasteiger partial charge in [0, 0.05) is 5.56 Å². The second-order valence-electron chi connectivity index (χ2n) is 7.14. The van der Waals surface area contributed by atoms with Gasteiger partial charge in [-0.3, -0.25) is 9.10 Å². The number of nitrogens with one attached hydrogen (secondary N) is 1. The summed E-state index contributed by atoms with van der Waals surface area (Å²) < 4.78 is 42.2. The average Bonchev–Trinajstić information content (AvgIpc) is 2.75. The first-order valence-corrected chi connectivity index (χ1v) is 12.1. The fourth-order valence-electron chi connectivity index (χ4n) is 3.42. The zero-order valence-corrected chi connectivity index (χ0v) is 20.6. The average molecular weight is 485 g/mol. The van der Waals surface area contributed by atoms with Crippen molar-refractivity contribution in [1.29, 1.82) is 0 Å². The number of halogens is 1. The van der Waals surface area contributed by atoms with Gasteiger partial charge >= 0.3 is 0 Å². The van der Waals surface area contributed by atoms with Crippen LogP contribution in [-0.4, -0.2) is 48.0 Å². The van der Waals surface area contributed by atoms with Crippen molar-refractivity contribution in [1.82, 2.24) is 5.32 Å². The number of amides is 1. The molecule has 0 aliphatic carbocycles. The molecule has 0 bridgehead atoms. The number of sulfonamides is 1.